The van der Waals surface area contributed by atoms with Gasteiger partial charge >= 0.3 is 0 Å². The lowest BCUT2D eigenvalue weighted by Gasteiger charge is -2.15. The molecule has 0 amide bonds. The van der Waals surface area contributed by atoms with E-state index >= 15 is 0 Å². The fraction of sp³-hybridized carbons (Fsp3) is 0.444. The predicted octanol–water partition coefficient (Wildman–Crippen LogP) is 0.965. The van der Waals surface area contributed by atoms with Crippen LogP contribution >= 0.6 is 0 Å². The zero-order valence-electron chi connectivity index (χ0n) is 7.68. The second kappa shape index (κ2) is 5.48. The van der Waals surface area contributed by atoms with Gasteiger partial charge in [-0.15, -0.1) is 0 Å². The number of rotatable bonds is 2. The normalized spacial score (nSPS) is 18.9. The van der Waals surface area contributed by atoms with E-state index < -0.39 is 0 Å². The van der Waals surface area contributed by atoms with Crippen LogP contribution in [0.3, 0.4) is 0 Å². The topological polar surface area (TPSA) is 36.4 Å². The third-order valence-corrected chi connectivity index (χ3v) is 1.87. The fourth-order valence-corrected chi connectivity index (χ4v) is 1.25. The molecule has 1 heterocycles. The highest BCUT2D eigenvalue weighted by Crippen LogP contribution is 2.05. The number of nitrogens with zero attached hydrogens (tertiary/aromatic N) is 1. The van der Waals surface area contributed by atoms with Crippen molar-refractivity contribution in [3.63, 3.8) is 0 Å². The second-order valence-corrected chi connectivity index (χ2v) is 2.69. The molecule has 0 aliphatic carbocycles. The summed E-state index contributed by atoms with van der Waals surface area (Å²) in [6.07, 6.45) is 4.70. The summed E-state index contributed by atoms with van der Waals surface area (Å²) < 4.78 is 11.7. The van der Waals surface area contributed by atoms with Gasteiger partial charge in [-0.1, -0.05) is 6.08 Å². The van der Waals surface area contributed by atoms with Gasteiger partial charge in [-0.2, -0.15) is 0 Å². The molecule has 1 rings (SSSR count). The number of nitrogens with one attached hydrogen (secondary N) is 2. The smallest absolute Gasteiger partial charge is 0.127 e. The molecule has 4 heteroatoms. The molecule has 0 unspecified atom stereocenters. The molecule has 0 aromatic carbocycles. The van der Waals surface area contributed by atoms with E-state index in [1.54, 1.807) is 7.05 Å². The van der Waals surface area contributed by atoms with Crippen molar-refractivity contribution in [1.82, 2.24) is 10.6 Å². The first-order valence-corrected chi connectivity index (χ1v) is 4.27. The molecule has 1 aliphatic heterocycles. The number of halogens is 1. The van der Waals surface area contributed by atoms with Gasteiger partial charge in [-0.25, -0.2) is 4.39 Å². The van der Waals surface area contributed by atoms with Crippen molar-refractivity contribution < 1.29 is 4.39 Å². The predicted molar refractivity (Wildman–Crippen MR) is 52.3 cm³/mol. The Morgan fingerprint density at radius 2 is 2.62 bits per heavy atom. The Labute approximate surface area is 77.4 Å². The van der Waals surface area contributed by atoms with Gasteiger partial charge in [0, 0.05) is 19.8 Å². The molecule has 0 atom stereocenters. The molecule has 0 aromatic heterocycles. The van der Waals surface area contributed by atoms with E-state index in [-0.39, 0.29) is 0 Å². The van der Waals surface area contributed by atoms with Crippen LogP contribution in [0.5, 0.6) is 0 Å². The Balaban J connectivity index is 2.60. The Hall–Kier alpha value is -1.16. The number of hydrogen-bond donors (Lipinski definition) is 2. The van der Waals surface area contributed by atoms with E-state index in [2.05, 4.69) is 21.7 Å². The van der Waals surface area contributed by atoms with Crippen LogP contribution in [0.2, 0.25) is 0 Å². The Morgan fingerprint density at radius 1 is 1.77 bits per heavy atom. The molecular formula is C9H14FN3. The van der Waals surface area contributed by atoms with Crippen molar-refractivity contribution in [2.75, 3.05) is 20.1 Å². The van der Waals surface area contributed by atoms with Crippen molar-refractivity contribution in [1.29, 1.82) is 0 Å². The highest BCUT2D eigenvalue weighted by molar-refractivity contribution is 5.98. The monoisotopic (exact) mass is 183 g/mol. The minimum atomic E-state index is 0.465. The summed E-state index contributed by atoms with van der Waals surface area (Å²) in [7, 11) is 1.69. The van der Waals surface area contributed by atoms with Crippen LogP contribution in [0.25, 0.3) is 0 Å². The van der Waals surface area contributed by atoms with E-state index in [1.807, 2.05) is 0 Å². The standard InChI is InChI=1S/C9H14FN3/c1-11-9(13-7-4-10)8-2-5-12-6-3-8/h2,4,7,12H,3,5-6H2,1H3,(H,11,13)/b7-4-. The second-order valence-electron chi connectivity index (χ2n) is 2.69. The third-order valence-electron chi connectivity index (χ3n) is 1.87. The quantitative estimate of drug-likeness (QED) is 0.494. The van der Waals surface area contributed by atoms with Gasteiger partial charge in [0.25, 0.3) is 0 Å². The van der Waals surface area contributed by atoms with E-state index in [0.29, 0.717) is 6.33 Å². The highest BCUT2D eigenvalue weighted by atomic mass is 19.1. The molecule has 0 radical (unpaired) electrons. The summed E-state index contributed by atoms with van der Waals surface area (Å²) in [4.78, 5) is 4.04. The van der Waals surface area contributed by atoms with Crippen LogP contribution in [0.4, 0.5) is 4.39 Å². The van der Waals surface area contributed by atoms with Crippen molar-refractivity contribution in [3.8, 4) is 0 Å². The molecule has 0 saturated heterocycles. The van der Waals surface area contributed by atoms with E-state index in [1.165, 1.54) is 6.20 Å². The molecule has 2 N–H and O–H groups in total. The Bertz CT molecular complexity index is 243. The summed E-state index contributed by atoms with van der Waals surface area (Å²) in [5.74, 6) is 0.746. The van der Waals surface area contributed by atoms with Crippen LogP contribution in [0.1, 0.15) is 6.42 Å². The maximum atomic E-state index is 11.7. The van der Waals surface area contributed by atoms with Gasteiger partial charge in [0.05, 0.1) is 0 Å². The zero-order valence-corrected chi connectivity index (χ0v) is 7.68. The van der Waals surface area contributed by atoms with Gasteiger partial charge < -0.3 is 10.6 Å². The summed E-state index contributed by atoms with van der Waals surface area (Å²) in [5.41, 5.74) is 1.14. The SMILES string of the molecule is CN=C(N/C=C\F)C1=CCNCC1. The molecule has 0 spiro atoms. The Kier molecular flexibility index (Phi) is 4.18. The van der Waals surface area contributed by atoms with E-state index in [0.717, 1.165) is 30.9 Å². The van der Waals surface area contributed by atoms with Gasteiger partial charge in [-0.3, -0.25) is 4.99 Å². The molecule has 0 fully saturated rings. The van der Waals surface area contributed by atoms with Gasteiger partial charge in [0.15, 0.2) is 0 Å². The molecule has 13 heavy (non-hydrogen) atoms. The third kappa shape index (κ3) is 2.99. The molecule has 0 bridgehead atoms. The minimum Gasteiger partial charge on any atom is -0.344 e. The van der Waals surface area contributed by atoms with Gasteiger partial charge in [0.2, 0.25) is 0 Å². The van der Waals surface area contributed by atoms with Crippen LogP contribution in [0.15, 0.2) is 29.2 Å². The van der Waals surface area contributed by atoms with Crippen LogP contribution in [0, 0.1) is 0 Å². The summed E-state index contributed by atoms with van der Waals surface area (Å²) >= 11 is 0. The Morgan fingerprint density at radius 3 is 3.15 bits per heavy atom. The van der Waals surface area contributed by atoms with Crippen molar-refractivity contribution in [2.45, 2.75) is 6.42 Å². The molecule has 1 aliphatic rings. The van der Waals surface area contributed by atoms with Crippen LogP contribution in [-0.2, 0) is 0 Å². The lowest BCUT2D eigenvalue weighted by Crippen LogP contribution is -2.28. The molecule has 0 saturated carbocycles. The molecular weight excluding hydrogens is 169 g/mol. The maximum Gasteiger partial charge on any atom is 0.127 e. The first-order chi connectivity index (χ1) is 6.38. The average Bonchev–Trinajstić information content (AvgIpc) is 2.21. The van der Waals surface area contributed by atoms with Gasteiger partial charge in [-0.05, 0) is 18.5 Å². The number of hydrogen-bond acceptors (Lipinski definition) is 2. The van der Waals surface area contributed by atoms with Crippen molar-refractivity contribution in [2.24, 2.45) is 4.99 Å². The number of aliphatic imine (C=N–C) groups is 1. The van der Waals surface area contributed by atoms with Gasteiger partial charge in [0.1, 0.15) is 12.2 Å². The highest BCUT2D eigenvalue weighted by Gasteiger charge is 2.07. The molecule has 0 aromatic rings. The average molecular weight is 183 g/mol. The van der Waals surface area contributed by atoms with Crippen molar-refractivity contribution >= 4 is 5.84 Å². The summed E-state index contributed by atoms with van der Waals surface area (Å²) in [6, 6.07) is 0. The molecule has 72 valence electrons. The number of amidine groups is 1. The first kappa shape index (κ1) is 9.92. The van der Waals surface area contributed by atoms with E-state index in [4.69, 9.17) is 0 Å². The maximum absolute atomic E-state index is 11.7. The molecule has 3 nitrogen and oxygen atoms in total. The summed E-state index contributed by atoms with van der Waals surface area (Å²) in [5, 5.41) is 5.99. The zero-order chi connectivity index (χ0) is 9.52. The van der Waals surface area contributed by atoms with E-state index in [9.17, 15) is 4.39 Å². The largest absolute Gasteiger partial charge is 0.344 e. The lowest BCUT2D eigenvalue weighted by atomic mass is 10.1. The minimum absolute atomic E-state index is 0.465. The fourth-order valence-electron chi connectivity index (χ4n) is 1.25. The first-order valence-electron chi connectivity index (χ1n) is 4.27. The van der Waals surface area contributed by atoms with Crippen molar-refractivity contribution in [3.05, 3.63) is 24.2 Å². The van der Waals surface area contributed by atoms with Crippen LogP contribution in [-0.4, -0.2) is 26.0 Å². The van der Waals surface area contributed by atoms with Crippen LogP contribution < -0.4 is 10.6 Å². The summed E-state index contributed by atoms with van der Waals surface area (Å²) in [6.45, 7) is 1.81. The lowest BCUT2D eigenvalue weighted by molar-refractivity contribution is 0.709.